The summed E-state index contributed by atoms with van der Waals surface area (Å²) in [5.74, 6) is 0. The molecule has 2 atom stereocenters. The summed E-state index contributed by atoms with van der Waals surface area (Å²) >= 11 is 0. The highest BCUT2D eigenvalue weighted by Crippen LogP contribution is 2.35. The van der Waals surface area contributed by atoms with Crippen molar-refractivity contribution in [2.75, 3.05) is 5.32 Å². The molecular formula is C17H27N3O. The van der Waals surface area contributed by atoms with E-state index in [1.54, 1.807) is 0 Å². The van der Waals surface area contributed by atoms with Crippen LogP contribution >= 0.6 is 0 Å². The van der Waals surface area contributed by atoms with Gasteiger partial charge in [-0.15, -0.1) is 0 Å². The number of carbonyl (C=O) groups is 1. The van der Waals surface area contributed by atoms with E-state index in [9.17, 15) is 4.79 Å². The Morgan fingerprint density at radius 1 is 1.38 bits per heavy atom. The predicted octanol–water partition coefficient (Wildman–Crippen LogP) is 3.80. The fourth-order valence-corrected chi connectivity index (χ4v) is 2.99. The van der Waals surface area contributed by atoms with Gasteiger partial charge in [0.15, 0.2) is 0 Å². The van der Waals surface area contributed by atoms with Gasteiger partial charge in [0.1, 0.15) is 0 Å². The van der Waals surface area contributed by atoms with Crippen molar-refractivity contribution < 1.29 is 4.79 Å². The zero-order valence-corrected chi connectivity index (χ0v) is 13.3. The quantitative estimate of drug-likeness (QED) is 0.792. The maximum absolute atomic E-state index is 12.2. The molecule has 2 amide bonds. The van der Waals surface area contributed by atoms with E-state index in [0.717, 1.165) is 24.1 Å². The van der Waals surface area contributed by atoms with Crippen LogP contribution in [0.25, 0.3) is 0 Å². The van der Waals surface area contributed by atoms with Gasteiger partial charge in [-0.3, -0.25) is 0 Å². The topological polar surface area (TPSA) is 67.1 Å². The number of rotatable bonds is 3. The summed E-state index contributed by atoms with van der Waals surface area (Å²) in [5.41, 5.74) is 7.85. The molecule has 0 saturated heterocycles. The van der Waals surface area contributed by atoms with Gasteiger partial charge in [0.25, 0.3) is 0 Å². The number of nitrogens with one attached hydrogen (secondary N) is 2. The predicted molar refractivity (Wildman–Crippen MR) is 87.2 cm³/mol. The van der Waals surface area contributed by atoms with Gasteiger partial charge in [-0.2, -0.15) is 0 Å². The van der Waals surface area contributed by atoms with E-state index in [2.05, 4.69) is 24.5 Å². The van der Waals surface area contributed by atoms with Crippen molar-refractivity contribution in [3.63, 3.8) is 0 Å². The van der Waals surface area contributed by atoms with Crippen LogP contribution in [0, 0.1) is 5.41 Å². The number of anilines is 1. The van der Waals surface area contributed by atoms with Crippen LogP contribution in [0.5, 0.6) is 0 Å². The second kappa shape index (κ2) is 6.48. The lowest BCUT2D eigenvalue weighted by molar-refractivity contribution is 0.170. The number of hydrogen-bond donors (Lipinski definition) is 3. The zero-order valence-electron chi connectivity index (χ0n) is 13.3. The molecule has 0 heterocycles. The van der Waals surface area contributed by atoms with Gasteiger partial charge in [-0.1, -0.05) is 38.8 Å². The smallest absolute Gasteiger partial charge is 0.319 e. The minimum Gasteiger partial charge on any atom is -0.335 e. The van der Waals surface area contributed by atoms with Crippen molar-refractivity contribution in [3.8, 4) is 0 Å². The zero-order chi connectivity index (χ0) is 15.5. The van der Waals surface area contributed by atoms with Gasteiger partial charge in [-0.05, 0) is 42.9 Å². The normalized spacial score (nSPS) is 22.4. The average molecular weight is 289 g/mol. The molecule has 0 radical (unpaired) electrons. The van der Waals surface area contributed by atoms with Crippen LogP contribution in [0.2, 0.25) is 0 Å². The largest absolute Gasteiger partial charge is 0.335 e. The van der Waals surface area contributed by atoms with Gasteiger partial charge >= 0.3 is 6.03 Å². The number of urea groups is 1. The Bertz CT molecular complexity index is 497. The van der Waals surface area contributed by atoms with Crippen LogP contribution in [-0.4, -0.2) is 12.1 Å². The van der Waals surface area contributed by atoms with Crippen LogP contribution in [0.3, 0.4) is 0 Å². The Hall–Kier alpha value is -1.55. The maximum Gasteiger partial charge on any atom is 0.319 e. The molecule has 1 aliphatic carbocycles. The first-order valence-electron chi connectivity index (χ1n) is 7.81. The highest BCUT2D eigenvalue weighted by atomic mass is 16.2. The molecule has 1 fully saturated rings. The molecule has 1 aromatic rings. The highest BCUT2D eigenvalue weighted by molar-refractivity contribution is 5.89. The summed E-state index contributed by atoms with van der Waals surface area (Å²) in [6.07, 6.45) is 4.66. The second-order valence-corrected chi connectivity index (χ2v) is 6.80. The SMILES string of the molecule is CC(N)c1cccc(NC(=O)NC2CCCCC2(C)C)c1. The minimum atomic E-state index is -0.128. The third-order valence-corrected chi connectivity index (χ3v) is 4.48. The van der Waals surface area contributed by atoms with Gasteiger partial charge in [0.05, 0.1) is 0 Å². The summed E-state index contributed by atoms with van der Waals surface area (Å²) in [4.78, 5) is 12.2. The van der Waals surface area contributed by atoms with Crippen molar-refractivity contribution in [2.24, 2.45) is 11.1 Å². The van der Waals surface area contributed by atoms with Gasteiger partial charge in [0, 0.05) is 17.8 Å². The Morgan fingerprint density at radius 3 is 2.81 bits per heavy atom. The number of benzene rings is 1. The molecule has 0 aliphatic heterocycles. The Balaban J connectivity index is 1.97. The molecule has 4 N–H and O–H groups in total. The van der Waals surface area contributed by atoms with Crippen LogP contribution in [0.15, 0.2) is 24.3 Å². The van der Waals surface area contributed by atoms with E-state index < -0.39 is 0 Å². The van der Waals surface area contributed by atoms with E-state index in [4.69, 9.17) is 5.73 Å². The summed E-state index contributed by atoms with van der Waals surface area (Å²) in [6.45, 7) is 6.39. The number of amides is 2. The monoisotopic (exact) mass is 289 g/mol. The van der Waals surface area contributed by atoms with Crippen LogP contribution in [0.1, 0.15) is 58.1 Å². The molecule has 21 heavy (non-hydrogen) atoms. The second-order valence-electron chi connectivity index (χ2n) is 6.80. The summed E-state index contributed by atoms with van der Waals surface area (Å²) in [6, 6.07) is 7.77. The molecule has 4 nitrogen and oxygen atoms in total. The van der Waals surface area contributed by atoms with Gasteiger partial charge < -0.3 is 16.4 Å². The number of hydrogen-bond acceptors (Lipinski definition) is 2. The molecule has 2 rings (SSSR count). The van der Waals surface area contributed by atoms with Crippen molar-refractivity contribution in [1.29, 1.82) is 0 Å². The Morgan fingerprint density at radius 2 is 2.14 bits per heavy atom. The van der Waals surface area contributed by atoms with E-state index >= 15 is 0 Å². The molecule has 0 spiro atoms. The first kappa shape index (κ1) is 15.8. The summed E-state index contributed by atoms with van der Waals surface area (Å²) in [5, 5.41) is 6.04. The number of nitrogens with two attached hydrogens (primary N) is 1. The molecule has 1 aromatic carbocycles. The van der Waals surface area contributed by atoms with E-state index in [0.29, 0.717) is 0 Å². The number of carbonyl (C=O) groups excluding carboxylic acids is 1. The molecule has 1 aliphatic rings. The fraction of sp³-hybridized carbons (Fsp3) is 0.588. The first-order chi connectivity index (χ1) is 9.88. The summed E-state index contributed by atoms with van der Waals surface area (Å²) in [7, 11) is 0. The Labute approximate surface area is 127 Å². The maximum atomic E-state index is 12.2. The summed E-state index contributed by atoms with van der Waals surface area (Å²) < 4.78 is 0. The van der Waals surface area contributed by atoms with E-state index in [1.165, 1.54) is 12.8 Å². The molecule has 116 valence electrons. The molecular weight excluding hydrogens is 262 g/mol. The lowest BCUT2D eigenvalue weighted by Gasteiger charge is -2.38. The van der Waals surface area contributed by atoms with Crippen molar-refractivity contribution in [3.05, 3.63) is 29.8 Å². The third-order valence-electron chi connectivity index (χ3n) is 4.48. The van der Waals surface area contributed by atoms with Crippen LogP contribution in [0.4, 0.5) is 10.5 Å². The standard InChI is InChI=1S/C17H27N3O/c1-12(18)13-7-6-8-14(11-13)19-16(21)20-15-9-4-5-10-17(15,2)3/h6-8,11-12,15H,4-5,9-10,18H2,1-3H3,(H2,19,20,21). The molecule has 0 bridgehead atoms. The third kappa shape index (κ3) is 4.21. The fourth-order valence-electron chi connectivity index (χ4n) is 2.99. The highest BCUT2D eigenvalue weighted by Gasteiger charge is 2.33. The van der Waals surface area contributed by atoms with Gasteiger partial charge in [0.2, 0.25) is 0 Å². The van der Waals surface area contributed by atoms with Crippen molar-refractivity contribution >= 4 is 11.7 Å². The lowest BCUT2D eigenvalue weighted by atomic mass is 9.73. The molecule has 1 saturated carbocycles. The van der Waals surface area contributed by atoms with Crippen molar-refractivity contribution in [2.45, 2.75) is 58.5 Å². The van der Waals surface area contributed by atoms with Crippen LogP contribution in [-0.2, 0) is 0 Å². The van der Waals surface area contributed by atoms with E-state index in [-0.39, 0.29) is 23.5 Å². The van der Waals surface area contributed by atoms with Gasteiger partial charge in [-0.25, -0.2) is 4.79 Å². The minimum absolute atomic E-state index is 0.0351. The Kier molecular flexibility index (Phi) is 4.88. The van der Waals surface area contributed by atoms with Crippen molar-refractivity contribution in [1.82, 2.24) is 5.32 Å². The molecule has 4 heteroatoms. The first-order valence-corrected chi connectivity index (χ1v) is 7.81. The van der Waals surface area contributed by atoms with Crippen LogP contribution < -0.4 is 16.4 Å². The molecule has 2 unspecified atom stereocenters. The van der Waals surface area contributed by atoms with E-state index in [1.807, 2.05) is 31.2 Å². The average Bonchev–Trinajstić information content (AvgIpc) is 2.41. The molecule has 0 aromatic heterocycles. The lowest BCUT2D eigenvalue weighted by Crippen LogP contribution is -2.48.